The minimum Gasteiger partial charge on any atom is -0.462 e. The molecule has 0 saturated heterocycles. The van der Waals surface area contributed by atoms with Crippen LogP contribution in [0.15, 0.2) is 97.2 Å². The molecule has 0 aromatic heterocycles. The fourth-order valence-corrected chi connectivity index (χ4v) is 10.3. The summed E-state index contributed by atoms with van der Waals surface area (Å²) in [5.74, 6) is -0.857. The molecule has 0 aliphatic heterocycles. The van der Waals surface area contributed by atoms with E-state index in [0.717, 1.165) is 109 Å². The Labute approximate surface area is 515 Å². The van der Waals surface area contributed by atoms with E-state index < -0.39 is 6.10 Å². The van der Waals surface area contributed by atoms with Gasteiger partial charge >= 0.3 is 17.9 Å². The molecule has 0 aromatic rings. The number of unbranched alkanes of at least 4 members (excludes halogenated alkanes) is 38. The van der Waals surface area contributed by atoms with E-state index in [9.17, 15) is 14.4 Å². The van der Waals surface area contributed by atoms with E-state index in [1.54, 1.807) is 0 Å². The molecule has 478 valence electrons. The largest absolute Gasteiger partial charge is 0.462 e. The lowest BCUT2D eigenvalue weighted by atomic mass is 10.0. The number of ether oxygens (including phenoxy) is 3. The average molecular weight is 1160 g/mol. The Hall–Kier alpha value is -3.67. The van der Waals surface area contributed by atoms with E-state index in [0.29, 0.717) is 19.3 Å². The first-order chi connectivity index (χ1) is 41.0. The van der Waals surface area contributed by atoms with Crippen LogP contribution >= 0.6 is 0 Å². The summed E-state index contributed by atoms with van der Waals surface area (Å²) in [4.78, 5) is 38.4. The lowest BCUT2D eigenvalue weighted by Gasteiger charge is -2.18. The number of hydrogen-bond donors (Lipinski definition) is 0. The third-order valence-electron chi connectivity index (χ3n) is 15.6. The van der Waals surface area contributed by atoms with Crippen molar-refractivity contribution in [3.8, 4) is 0 Å². The minimum absolute atomic E-state index is 0.0720. The molecule has 6 heteroatoms. The van der Waals surface area contributed by atoms with E-state index in [1.807, 2.05) is 0 Å². The smallest absolute Gasteiger partial charge is 0.306 e. The average Bonchev–Trinajstić information content (AvgIpc) is 3.49. The number of hydrogen-bond acceptors (Lipinski definition) is 6. The zero-order chi connectivity index (χ0) is 59.9. The zero-order valence-electron chi connectivity index (χ0n) is 54.9. The molecule has 0 saturated carbocycles. The van der Waals surface area contributed by atoms with Crippen LogP contribution in [0.1, 0.15) is 355 Å². The van der Waals surface area contributed by atoms with Crippen LogP contribution in [0, 0.1) is 0 Å². The maximum absolute atomic E-state index is 12.9. The second-order valence-corrected chi connectivity index (χ2v) is 23.8. The van der Waals surface area contributed by atoms with Crippen molar-refractivity contribution in [1.29, 1.82) is 0 Å². The SMILES string of the molecule is CC/C=C\C/C=C\C/C=C\C/C=C\C/C=C\C/C=C\C/C=C\C/C=C\CCCCCCCCCCCCC(=O)OCC(COC(=O)CCCCCCCCCCCCCC)OC(=O)CCCCCCCCCCCCCCCCCCCC. The number of carbonyl (C=O) groups excluding carboxylic acids is 3. The van der Waals surface area contributed by atoms with Crippen molar-refractivity contribution in [3.05, 3.63) is 97.2 Å². The van der Waals surface area contributed by atoms with Crippen LogP contribution in [0.4, 0.5) is 0 Å². The fraction of sp³-hybridized carbons (Fsp3) is 0.753. The van der Waals surface area contributed by atoms with Crippen molar-refractivity contribution in [3.63, 3.8) is 0 Å². The van der Waals surface area contributed by atoms with Crippen molar-refractivity contribution in [2.24, 2.45) is 0 Å². The summed E-state index contributed by atoms with van der Waals surface area (Å²) in [5, 5.41) is 0. The minimum atomic E-state index is -0.776. The van der Waals surface area contributed by atoms with Gasteiger partial charge in [0.15, 0.2) is 6.10 Å². The molecule has 1 atom stereocenters. The lowest BCUT2D eigenvalue weighted by molar-refractivity contribution is -0.167. The highest BCUT2D eigenvalue weighted by Gasteiger charge is 2.19. The second-order valence-electron chi connectivity index (χ2n) is 23.8. The summed E-state index contributed by atoms with van der Waals surface area (Å²) in [5.41, 5.74) is 0. The molecule has 0 heterocycles. The van der Waals surface area contributed by atoms with Gasteiger partial charge in [-0.2, -0.15) is 0 Å². The van der Waals surface area contributed by atoms with E-state index in [2.05, 4.69) is 118 Å². The Morgan fingerprint density at radius 3 is 0.735 bits per heavy atom. The first-order valence-corrected chi connectivity index (χ1v) is 35.7. The molecule has 0 amide bonds. The van der Waals surface area contributed by atoms with Crippen molar-refractivity contribution >= 4 is 17.9 Å². The topological polar surface area (TPSA) is 78.9 Å². The first kappa shape index (κ1) is 79.3. The highest BCUT2D eigenvalue weighted by molar-refractivity contribution is 5.71. The number of allylic oxidation sites excluding steroid dienone is 16. The van der Waals surface area contributed by atoms with Gasteiger partial charge in [0.1, 0.15) is 13.2 Å². The van der Waals surface area contributed by atoms with Gasteiger partial charge in [0.2, 0.25) is 0 Å². The summed E-state index contributed by atoms with van der Waals surface area (Å²) in [6, 6.07) is 0. The summed E-state index contributed by atoms with van der Waals surface area (Å²) < 4.78 is 17.0. The first-order valence-electron chi connectivity index (χ1n) is 35.7. The Morgan fingerprint density at radius 2 is 0.470 bits per heavy atom. The third kappa shape index (κ3) is 69.0. The van der Waals surface area contributed by atoms with Crippen molar-refractivity contribution in [2.75, 3.05) is 13.2 Å². The van der Waals surface area contributed by atoms with Gasteiger partial charge in [0.05, 0.1) is 0 Å². The van der Waals surface area contributed by atoms with Crippen LogP contribution in [-0.4, -0.2) is 37.2 Å². The van der Waals surface area contributed by atoms with Crippen LogP contribution in [0.25, 0.3) is 0 Å². The van der Waals surface area contributed by atoms with Gasteiger partial charge in [0, 0.05) is 19.3 Å². The predicted molar refractivity (Wildman–Crippen MR) is 362 cm³/mol. The molecular formula is C77H134O6. The Balaban J connectivity index is 4.20. The van der Waals surface area contributed by atoms with Crippen molar-refractivity contribution in [1.82, 2.24) is 0 Å². The Morgan fingerprint density at radius 1 is 0.253 bits per heavy atom. The molecule has 0 radical (unpaired) electrons. The Bertz CT molecular complexity index is 1610. The van der Waals surface area contributed by atoms with Gasteiger partial charge in [-0.15, -0.1) is 0 Å². The van der Waals surface area contributed by atoms with Crippen molar-refractivity contribution in [2.45, 2.75) is 361 Å². The standard InChI is InChI=1S/C77H134O6/c1-4-7-10-13-16-19-22-25-27-29-31-32-33-34-35-36-37-38-39-40-41-42-43-44-45-46-47-49-50-52-55-58-61-64-67-70-76(79)82-73-74(72-81-75(78)69-66-63-60-57-54-24-21-18-15-12-9-6-3)83-77(80)71-68-65-62-59-56-53-51-48-30-28-26-23-20-17-14-11-8-5-2/h7,10,16,19,25,27,31-32,34-35,37-38,40-41,43-44,74H,4-6,8-9,11-15,17-18,20-24,26,28-30,33,36,39,42,45-73H2,1-3H3/b10-7-,19-16-,27-25-,32-31-,35-34-,38-37-,41-40-,44-43-. The quantitative estimate of drug-likeness (QED) is 0.0261. The molecule has 0 aliphatic carbocycles. The molecule has 6 nitrogen and oxygen atoms in total. The Kier molecular flexibility index (Phi) is 67.7. The number of carbonyl (C=O) groups is 3. The highest BCUT2D eigenvalue weighted by Crippen LogP contribution is 2.18. The second kappa shape index (κ2) is 70.8. The maximum Gasteiger partial charge on any atom is 0.306 e. The van der Waals surface area contributed by atoms with Gasteiger partial charge in [-0.05, 0) is 83.5 Å². The summed E-state index contributed by atoms with van der Waals surface area (Å²) >= 11 is 0. The number of rotatable bonds is 65. The van der Waals surface area contributed by atoms with Crippen LogP contribution in [-0.2, 0) is 28.6 Å². The van der Waals surface area contributed by atoms with E-state index in [4.69, 9.17) is 14.2 Å². The van der Waals surface area contributed by atoms with E-state index in [1.165, 1.54) is 205 Å². The monoisotopic (exact) mass is 1160 g/mol. The molecule has 1 unspecified atom stereocenters. The summed E-state index contributed by atoms with van der Waals surface area (Å²) in [7, 11) is 0. The van der Waals surface area contributed by atoms with Crippen LogP contribution in [0.3, 0.4) is 0 Å². The predicted octanol–water partition coefficient (Wildman–Crippen LogP) is 24.8. The van der Waals surface area contributed by atoms with Crippen LogP contribution in [0.2, 0.25) is 0 Å². The number of esters is 3. The van der Waals surface area contributed by atoms with Gasteiger partial charge < -0.3 is 14.2 Å². The van der Waals surface area contributed by atoms with Gasteiger partial charge in [-0.3, -0.25) is 14.4 Å². The van der Waals surface area contributed by atoms with E-state index >= 15 is 0 Å². The maximum atomic E-state index is 12.9. The van der Waals surface area contributed by atoms with Gasteiger partial charge in [-0.1, -0.05) is 349 Å². The molecule has 83 heavy (non-hydrogen) atoms. The van der Waals surface area contributed by atoms with E-state index in [-0.39, 0.29) is 31.1 Å². The molecule has 0 spiro atoms. The molecule has 0 fully saturated rings. The van der Waals surface area contributed by atoms with Crippen LogP contribution in [0.5, 0.6) is 0 Å². The molecule has 0 bridgehead atoms. The van der Waals surface area contributed by atoms with Crippen LogP contribution < -0.4 is 0 Å². The van der Waals surface area contributed by atoms with Gasteiger partial charge in [0.25, 0.3) is 0 Å². The molecule has 0 aromatic carbocycles. The normalized spacial score (nSPS) is 12.7. The van der Waals surface area contributed by atoms with Gasteiger partial charge in [-0.25, -0.2) is 0 Å². The third-order valence-corrected chi connectivity index (χ3v) is 15.6. The molecule has 0 rings (SSSR count). The fourth-order valence-electron chi connectivity index (χ4n) is 10.3. The lowest BCUT2D eigenvalue weighted by Crippen LogP contribution is -2.30. The zero-order valence-corrected chi connectivity index (χ0v) is 54.9. The highest BCUT2D eigenvalue weighted by atomic mass is 16.6. The summed E-state index contributed by atoms with van der Waals surface area (Å²) in [6.45, 7) is 6.57. The molecular weight excluding hydrogens is 1020 g/mol. The summed E-state index contributed by atoms with van der Waals surface area (Å²) in [6.07, 6.45) is 95.8. The molecule has 0 aliphatic rings. The molecule has 0 N–H and O–H groups in total. The van der Waals surface area contributed by atoms with Crippen molar-refractivity contribution < 1.29 is 28.6 Å².